The number of esters is 1. The minimum absolute atomic E-state index is 0.123. The minimum Gasteiger partial charge on any atom is -0.494 e. The molecule has 3 fully saturated rings. The first-order valence-electron chi connectivity index (χ1n) is 21.4. The van der Waals surface area contributed by atoms with Gasteiger partial charge < -0.3 is 28.8 Å². The molecule has 1 aromatic rings. The first-order chi connectivity index (χ1) is 27.9. The van der Waals surface area contributed by atoms with Gasteiger partial charge in [-0.05, 0) is 96.4 Å². The first kappa shape index (κ1) is 46.4. The largest absolute Gasteiger partial charge is 0.494 e. The molecule has 1 aromatic carbocycles. The molecule has 4 aliphatic heterocycles. The monoisotopic (exact) mass is 828 g/mol. The molecule has 0 aliphatic carbocycles. The quantitative estimate of drug-likeness (QED) is 0.0846. The third-order valence-electron chi connectivity index (χ3n) is 13.7. The molecule has 59 heavy (non-hydrogen) atoms. The van der Waals surface area contributed by atoms with E-state index >= 15 is 0 Å². The molecule has 0 unspecified atom stereocenters. The van der Waals surface area contributed by atoms with Crippen molar-refractivity contribution in [2.24, 2.45) is 34.6 Å². The van der Waals surface area contributed by atoms with Gasteiger partial charge in [-0.25, -0.2) is 10.3 Å². The normalized spacial score (nSPS) is 36.9. The zero-order chi connectivity index (χ0) is 43.4. The van der Waals surface area contributed by atoms with Gasteiger partial charge in [0.05, 0.1) is 43.1 Å². The zero-order valence-corrected chi connectivity index (χ0v) is 36.6. The molecule has 2 amide bonds. The van der Waals surface area contributed by atoms with Gasteiger partial charge in [-0.3, -0.25) is 34.4 Å². The summed E-state index contributed by atoms with van der Waals surface area (Å²) in [5, 5.41) is 20.8. The molecule has 13 atom stereocenters. The molecule has 15 heteroatoms. The summed E-state index contributed by atoms with van der Waals surface area (Å²) in [7, 11) is 3.63. The fraction of sp³-hybridized carbons (Fsp3) is 0.750. The van der Waals surface area contributed by atoms with Crippen LogP contribution in [0.5, 0.6) is 5.75 Å². The number of fused-ring (bicyclic) bond motifs is 1. The van der Waals surface area contributed by atoms with Crippen molar-refractivity contribution in [2.75, 3.05) is 33.9 Å². The van der Waals surface area contributed by atoms with Crippen molar-refractivity contribution in [2.45, 2.75) is 148 Å². The molecule has 3 N–H and O–H groups in total. The molecule has 3 saturated heterocycles. The number of aliphatic imine (C=N–C) groups is 1. The number of Topliss-reactive ketones (excluding diaryl/α,β-unsaturated/α-hetero) is 1. The molecular weight excluding hydrogens is 761 g/mol. The molecule has 0 radical (unpaired) electrons. The van der Waals surface area contributed by atoms with E-state index in [0.29, 0.717) is 64.1 Å². The number of carbonyl (C=O) groups is 4. The summed E-state index contributed by atoms with van der Waals surface area (Å²) in [6.45, 7) is 17.0. The molecule has 15 nitrogen and oxygen atoms in total. The van der Waals surface area contributed by atoms with Crippen LogP contribution in [0.15, 0.2) is 29.3 Å². The number of hydrogen-bond acceptors (Lipinski definition) is 13. The van der Waals surface area contributed by atoms with Gasteiger partial charge in [0.2, 0.25) is 5.91 Å². The summed E-state index contributed by atoms with van der Waals surface area (Å²) in [5.41, 5.74) is 1.48. The van der Waals surface area contributed by atoms with Crippen LogP contribution in [0.1, 0.15) is 99.5 Å². The second-order valence-electron chi connectivity index (χ2n) is 17.8. The number of cyclic esters (lactones) is 1. The lowest BCUT2D eigenvalue weighted by atomic mass is 9.67. The number of amides is 2. The van der Waals surface area contributed by atoms with E-state index in [2.05, 4.69) is 18.7 Å². The van der Waals surface area contributed by atoms with E-state index in [1.807, 2.05) is 65.9 Å². The van der Waals surface area contributed by atoms with Crippen LogP contribution in [-0.2, 0) is 39.9 Å². The van der Waals surface area contributed by atoms with Crippen LogP contribution in [0.25, 0.3) is 0 Å². The minimum atomic E-state index is -1.16. The zero-order valence-electron chi connectivity index (χ0n) is 36.6. The van der Waals surface area contributed by atoms with Crippen molar-refractivity contribution < 1.29 is 53.2 Å². The number of ether oxygens (including phenoxy) is 5. The average Bonchev–Trinajstić information content (AvgIpc) is 3.33. The highest BCUT2D eigenvalue weighted by molar-refractivity contribution is 6.00. The highest BCUT2D eigenvalue weighted by Gasteiger charge is 2.60. The number of aliphatic hydroxyl groups is 1. The molecule has 4 aliphatic rings. The number of aliphatic hydroxyl groups excluding tert-OH is 1. The first-order valence-corrected chi connectivity index (χ1v) is 21.4. The molecule has 0 aromatic heterocycles. The Morgan fingerprint density at radius 3 is 2.42 bits per heavy atom. The lowest BCUT2D eigenvalue weighted by molar-refractivity contribution is -0.176. The average molecular weight is 829 g/mol. The maximum Gasteiger partial charge on any atom is 0.410 e. The molecule has 330 valence electrons. The van der Waals surface area contributed by atoms with Crippen molar-refractivity contribution in [3.8, 4) is 5.75 Å². The van der Waals surface area contributed by atoms with Gasteiger partial charge in [-0.2, -0.15) is 0 Å². The molecule has 0 spiro atoms. The Bertz CT molecular complexity index is 1680. The lowest BCUT2D eigenvalue weighted by Gasteiger charge is -2.48. The smallest absolute Gasteiger partial charge is 0.410 e. The summed E-state index contributed by atoms with van der Waals surface area (Å²) in [4.78, 5) is 62.0. The predicted molar refractivity (Wildman–Crippen MR) is 219 cm³/mol. The van der Waals surface area contributed by atoms with Gasteiger partial charge in [-0.1, -0.05) is 39.8 Å². The Kier molecular flexibility index (Phi) is 15.3. The van der Waals surface area contributed by atoms with Crippen molar-refractivity contribution in [1.29, 1.82) is 0 Å². The van der Waals surface area contributed by atoms with E-state index in [0.717, 1.165) is 11.3 Å². The van der Waals surface area contributed by atoms with E-state index < -0.39 is 71.3 Å². The summed E-state index contributed by atoms with van der Waals surface area (Å²) in [5.74, 6) is -3.39. The number of carbonyl (C=O) groups excluding carboxylic acids is 4. The number of ketones is 1. The van der Waals surface area contributed by atoms with Gasteiger partial charge in [0.1, 0.15) is 23.6 Å². The van der Waals surface area contributed by atoms with Gasteiger partial charge in [0.25, 0.3) is 0 Å². The maximum absolute atomic E-state index is 14.5. The van der Waals surface area contributed by atoms with Crippen LogP contribution in [0.3, 0.4) is 0 Å². The number of methoxy groups -OCH3 is 1. The maximum atomic E-state index is 14.5. The van der Waals surface area contributed by atoms with Crippen LogP contribution in [0.4, 0.5) is 4.79 Å². The summed E-state index contributed by atoms with van der Waals surface area (Å²) < 4.78 is 31.0. The van der Waals surface area contributed by atoms with Gasteiger partial charge >= 0.3 is 12.1 Å². The number of nitrogens with one attached hydrogen (secondary N) is 1. The molecule has 2 bridgehead atoms. The predicted octanol–water partition coefficient (Wildman–Crippen LogP) is 4.97. The SMILES string of the molecule is CC[C@H]1OC(=O)[C@H](C)C(=O)[C@H](C)[C@@H](C[C@@H]2O[C@H](C)C[C@H](N(C)Cc3ccc(OCCCC(=O)NO)cc3)[C@H]2O)[C@](C)(OC)C[C@@H](C)C2=NCCN3C(=O)O[C@@]1(C)[C@H]3[C@H]2C. The highest BCUT2D eigenvalue weighted by atomic mass is 16.6. The van der Waals surface area contributed by atoms with Crippen LogP contribution < -0.4 is 10.2 Å². The second kappa shape index (κ2) is 19.4. The molecule has 5 rings (SSSR count). The molecular formula is C44H68N4O11. The van der Waals surface area contributed by atoms with Crippen LogP contribution >= 0.6 is 0 Å². The Morgan fingerprint density at radius 1 is 1.08 bits per heavy atom. The third-order valence-corrected chi connectivity index (χ3v) is 13.7. The standard InChI is InChI=1S/C44H68N4O11/c1-11-35-44(8)40-28(5)37(45-18-19-48(40)42(53)59-44)25(2)23-43(7,55-10)32(27(4)38(50)29(6)41(52)58-35)22-34-39(51)33(21-26(3)57-34)47(9)24-30-14-16-31(17-15-30)56-20-12-13-36(49)46-54/h14-17,25-29,32-35,39-40,51,54H,11-13,18-24H2,1-10H3,(H,46,49)/t25-,26-,27-,28+,29-,32-,33+,34+,35-,39-,40-,43-,44-/m1/s1. The number of hydroxylamine groups is 1. The Labute approximate surface area is 349 Å². The van der Waals surface area contributed by atoms with E-state index in [-0.39, 0.29) is 36.2 Å². The lowest BCUT2D eigenvalue weighted by Crippen LogP contribution is -2.58. The number of hydrogen-bond donors (Lipinski definition) is 3. The van der Waals surface area contributed by atoms with Crippen molar-refractivity contribution >= 4 is 29.5 Å². The summed E-state index contributed by atoms with van der Waals surface area (Å²) in [6, 6.07) is 6.97. The Hall–Kier alpha value is -3.63. The molecule has 4 heterocycles. The summed E-state index contributed by atoms with van der Waals surface area (Å²) in [6.07, 6.45) is -0.587. The fourth-order valence-electron chi connectivity index (χ4n) is 10.4. The van der Waals surface area contributed by atoms with Crippen molar-refractivity contribution in [1.82, 2.24) is 15.3 Å². The van der Waals surface area contributed by atoms with E-state index in [1.165, 1.54) is 0 Å². The third kappa shape index (κ3) is 9.96. The Morgan fingerprint density at radius 2 is 1.78 bits per heavy atom. The van der Waals surface area contributed by atoms with Crippen LogP contribution in [-0.4, -0.2) is 131 Å². The van der Waals surface area contributed by atoms with Crippen molar-refractivity contribution in [3.63, 3.8) is 0 Å². The molecule has 0 saturated carbocycles. The second-order valence-corrected chi connectivity index (χ2v) is 17.8. The number of nitrogens with zero attached hydrogens (tertiary/aromatic N) is 3. The topological polar surface area (TPSA) is 186 Å². The summed E-state index contributed by atoms with van der Waals surface area (Å²) >= 11 is 0. The van der Waals surface area contributed by atoms with E-state index in [9.17, 15) is 24.3 Å². The Balaban J connectivity index is 1.40. The van der Waals surface area contributed by atoms with Crippen molar-refractivity contribution in [3.05, 3.63) is 29.8 Å². The van der Waals surface area contributed by atoms with E-state index in [4.69, 9.17) is 33.9 Å². The van der Waals surface area contributed by atoms with Gasteiger partial charge in [0.15, 0.2) is 5.60 Å². The van der Waals surface area contributed by atoms with Gasteiger partial charge in [-0.15, -0.1) is 0 Å². The van der Waals surface area contributed by atoms with E-state index in [1.54, 1.807) is 24.4 Å². The number of benzene rings is 1. The fourth-order valence-corrected chi connectivity index (χ4v) is 10.4. The number of likely N-dealkylation sites (N-methyl/N-ethyl adjacent to an activating group) is 1. The van der Waals surface area contributed by atoms with Crippen LogP contribution in [0.2, 0.25) is 0 Å². The van der Waals surface area contributed by atoms with Gasteiger partial charge in [0, 0.05) is 50.2 Å². The number of rotatable bonds is 12. The highest BCUT2D eigenvalue weighted by Crippen LogP contribution is 2.45. The van der Waals surface area contributed by atoms with Crippen LogP contribution in [0, 0.1) is 29.6 Å².